The predicted molar refractivity (Wildman–Crippen MR) is 92.8 cm³/mol. The van der Waals surface area contributed by atoms with E-state index in [0.717, 1.165) is 0 Å². The third-order valence-electron chi connectivity index (χ3n) is 3.92. The van der Waals surface area contributed by atoms with Gasteiger partial charge in [0.15, 0.2) is 0 Å². The molecule has 0 aliphatic rings. The Hall–Kier alpha value is -2.86. The number of esters is 1. The van der Waals surface area contributed by atoms with E-state index < -0.39 is 5.97 Å². The van der Waals surface area contributed by atoms with Crippen LogP contribution in [0, 0.1) is 5.82 Å². The summed E-state index contributed by atoms with van der Waals surface area (Å²) in [5, 5.41) is 9.73. The molecule has 6 heteroatoms. The van der Waals surface area contributed by atoms with Crippen LogP contribution in [0.4, 0.5) is 10.1 Å². The summed E-state index contributed by atoms with van der Waals surface area (Å²) in [6.45, 7) is 1.87. The third-order valence-corrected chi connectivity index (χ3v) is 3.92. The topological polar surface area (TPSA) is 85.7 Å². The number of furan rings is 1. The fourth-order valence-electron chi connectivity index (χ4n) is 2.75. The Bertz CT molecular complexity index is 915. The van der Waals surface area contributed by atoms with Gasteiger partial charge in [-0.1, -0.05) is 0 Å². The quantitative estimate of drug-likeness (QED) is 0.547. The lowest BCUT2D eigenvalue weighted by Crippen LogP contribution is -2.06. The monoisotopic (exact) mass is 343 g/mol. The van der Waals surface area contributed by atoms with Gasteiger partial charge in [-0.25, -0.2) is 9.18 Å². The Morgan fingerprint density at radius 2 is 2.00 bits per heavy atom. The molecular formula is C19H18FNO4. The molecule has 0 fully saturated rings. The van der Waals surface area contributed by atoms with Crippen LogP contribution < -0.4 is 5.73 Å². The van der Waals surface area contributed by atoms with Crippen molar-refractivity contribution in [2.75, 3.05) is 18.9 Å². The average Bonchev–Trinajstić information content (AvgIpc) is 2.94. The van der Waals surface area contributed by atoms with Crippen molar-refractivity contribution in [3.8, 4) is 11.3 Å². The molecule has 0 saturated carbocycles. The fourth-order valence-corrected chi connectivity index (χ4v) is 2.75. The second-order valence-corrected chi connectivity index (χ2v) is 5.55. The van der Waals surface area contributed by atoms with Crippen molar-refractivity contribution >= 4 is 22.6 Å². The predicted octanol–water partition coefficient (Wildman–Crippen LogP) is 3.53. The average molecular weight is 343 g/mol. The molecule has 0 saturated heterocycles. The number of aliphatic hydroxyl groups is 1. The molecule has 0 spiro atoms. The first-order chi connectivity index (χ1) is 12.0. The Labute approximate surface area is 143 Å². The van der Waals surface area contributed by atoms with Crippen molar-refractivity contribution < 1.29 is 23.4 Å². The second kappa shape index (κ2) is 6.94. The van der Waals surface area contributed by atoms with E-state index >= 15 is 0 Å². The van der Waals surface area contributed by atoms with Gasteiger partial charge in [0.1, 0.15) is 22.7 Å². The number of hydrogen-bond acceptors (Lipinski definition) is 5. The molecule has 1 aromatic heterocycles. The van der Waals surface area contributed by atoms with Gasteiger partial charge in [-0.05, 0) is 49.2 Å². The van der Waals surface area contributed by atoms with E-state index in [0.29, 0.717) is 40.0 Å². The molecule has 0 aliphatic heterocycles. The van der Waals surface area contributed by atoms with Crippen LogP contribution in [0.5, 0.6) is 0 Å². The van der Waals surface area contributed by atoms with Crippen LogP contribution in [-0.2, 0) is 11.2 Å². The normalized spacial score (nSPS) is 11.0. The Balaban J connectivity index is 2.26. The molecule has 130 valence electrons. The Morgan fingerprint density at radius 3 is 2.64 bits per heavy atom. The number of anilines is 1. The SMILES string of the molecule is CCOC(=O)c1c(-c2ccc(F)cc2)oc2cc(N)c(CCO)cc12. The van der Waals surface area contributed by atoms with Crippen LogP contribution in [0.2, 0.25) is 0 Å². The lowest BCUT2D eigenvalue weighted by molar-refractivity contribution is 0.0528. The second-order valence-electron chi connectivity index (χ2n) is 5.55. The molecule has 1 heterocycles. The molecular weight excluding hydrogens is 325 g/mol. The van der Waals surface area contributed by atoms with E-state index in [4.69, 9.17) is 14.9 Å². The first-order valence-electron chi connectivity index (χ1n) is 7.94. The summed E-state index contributed by atoms with van der Waals surface area (Å²) >= 11 is 0. The maximum Gasteiger partial charge on any atom is 0.342 e. The fraction of sp³-hybridized carbons (Fsp3) is 0.211. The van der Waals surface area contributed by atoms with E-state index in [-0.39, 0.29) is 24.6 Å². The highest BCUT2D eigenvalue weighted by Crippen LogP contribution is 2.36. The van der Waals surface area contributed by atoms with Gasteiger partial charge in [0, 0.05) is 29.3 Å². The van der Waals surface area contributed by atoms with Gasteiger partial charge in [0.2, 0.25) is 0 Å². The summed E-state index contributed by atoms with van der Waals surface area (Å²) in [6.07, 6.45) is 0.362. The van der Waals surface area contributed by atoms with Gasteiger partial charge < -0.3 is 20.0 Å². The van der Waals surface area contributed by atoms with Crippen molar-refractivity contribution in [2.45, 2.75) is 13.3 Å². The number of halogens is 1. The van der Waals surface area contributed by atoms with Crippen LogP contribution >= 0.6 is 0 Å². The molecule has 25 heavy (non-hydrogen) atoms. The lowest BCUT2D eigenvalue weighted by atomic mass is 10.0. The maximum absolute atomic E-state index is 13.2. The van der Waals surface area contributed by atoms with Gasteiger partial charge in [0.05, 0.1) is 6.61 Å². The van der Waals surface area contributed by atoms with Crippen LogP contribution in [0.15, 0.2) is 40.8 Å². The summed E-state index contributed by atoms with van der Waals surface area (Å²) in [4.78, 5) is 12.5. The van der Waals surface area contributed by atoms with Gasteiger partial charge in [-0.3, -0.25) is 0 Å². The third kappa shape index (κ3) is 3.21. The van der Waals surface area contributed by atoms with E-state index in [1.165, 1.54) is 24.3 Å². The van der Waals surface area contributed by atoms with Gasteiger partial charge in [0.25, 0.3) is 0 Å². The number of carbonyl (C=O) groups is 1. The summed E-state index contributed by atoms with van der Waals surface area (Å²) < 4.78 is 24.2. The van der Waals surface area contributed by atoms with Crippen LogP contribution in [0.1, 0.15) is 22.8 Å². The standard InChI is InChI=1S/C19H18FNO4/c1-2-24-19(23)17-14-9-12(7-8-22)15(21)10-16(14)25-18(17)11-3-5-13(20)6-4-11/h3-6,9-10,22H,2,7-8,21H2,1H3. The van der Waals surface area contributed by atoms with Crippen LogP contribution in [0.25, 0.3) is 22.3 Å². The molecule has 3 rings (SSSR count). The molecule has 0 aliphatic carbocycles. The zero-order chi connectivity index (χ0) is 18.0. The molecule has 0 amide bonds. The smallest absolute Gasteiger partial charge is 0.342 e. The van der Waals surface area contributed by atoms with Crippen LogP contribution in [-0.4, -0.2) is 24.3 Å². The molecule has 2 aromatic carbocycles. The highest BCUT2D eigenvalue weighted by molar-refractivity contribution is 6.09. The van der Waals surface area contributed by atoms with E-state index in [1.54, 1.807) is 19.1 Å². The highest BCUT2D eigenvalue weighted by Gasteiger charge is 2.24. The number of rotatable bonds is 5. The number of nitrogen functional groups attached to an aromatic ring is 1. The molecule has 0 radical (unpaired) electrons. The number of aliphatic hydroxyl groups excluding tert-OH is 1. The first-order valence-corrected chi connectivity index (χ1v) is 7.94. The Morgan fingerprint density at radius 1 is 1.28 bits per heavy atom. The number of nitrogens with two attached hydrogens (primary N) is 1. The number of hydrogen-bond donors (Lipinski definition) is 2. The minimum Gasteiger partial charge on any atom is -0.462 e. The first kappa shape index (κ1) is 17.0. The van der Waals surface area contributed by atoms with Crippen molar-refractivity contribution in [3.05, 3.63) is 53.3 Å². The molecule has 0 bridgehead atoms. The molecule has 5 nitrogen and oxygen atoms in total. The van der Waals surface area contributed by atoms with Crippen molar-refractivity contribution in [2.24, 2.45) is 0 Å². The number of fused-ring (bicyclic) bond motifs is 1. The van der Waals surface area contributed by atoms with Crippen molar-refractivity contribution in [1.29, 1.82) is 0 Å². The van der Waals surface area contributed by atoms with E-state index in [2.05, 4.69) is 0 Å². The van der Waals surface area contributed by atoms with Gasteiger partial charge in [-0.15, -0.1) is 0 Å². The number of carbonyl (C=O) groups excluding carboxylic acids is 1. The van der Waals surface area contributed by atoms with Crippen molar-refractivity contribution in [1.82, 2.24) is 0 Å². The van der Waals surface area contributed by atoms with Crippen LogP contribution in [0.3, 0.4) is 0 Å². The van der Waals surface area contributed by atoms with E-state index in [1.807, 2.05) is 0 Å². The number of benzene rings is 2. The van der Waals surface area contributed by atoms with Crippen molar-refractivity contribution in [3.63, 3.8) is 0 Å². The molecule has 0 atom stereocenters. The maximum atomic E-state index is 13.2. The summed E-state index contributed by atoms with van der Waals surface area (Å²) in [5.74, 6) is -0.610. The van der Waals surface area contributed by atoms with E-state index in [9.17, 15) is 14.3 Å². The lowest BCUT2D eigenvalue weighted by Gasteiger charge is -2.05. The Kier molecular flexibility index (Phi) is 4.72. The molecule has 3 aromatic rings. The zero-order valence-corrected chi connectivity index (χ0v) is 13.7. The van der Waals surface area contributed by atoms with Gasteiger partial charge in [-0.2, -0.15) is 0 Å². The number of ether oxygens (including phenoxy) is 1. The minimum atomic E-state index is -0.528. The minimum absolute atomic E-state index is 0.0624. The van der Waals surface area contributed by atoms with Gasteiger partial charge >= 0.3 is 5.97 Å². The summed E-state index contributed by atoms with van der Waals surface area (Å²) in [6, 6.07) is 9.01. The molecule has 3 N–H and O–H groups in total. The summed E-state index contributed by atoms with van der Waals surface area (Å²) in [7, 11) is 0. The largest absolute Gasteiger partial charge is 0.462 e. The highest BCUT2D eigenvalue weighted by atomic mass is 19.1. The zero-order valence-electron chi connectivity index (χ0n) is 13.7. The summed E-state index contributed by atoms with van der Waals surface area (Å²) in [5.41, 5.74) is 8.43. The molecule has 0 unspecified atom stereocenters.